The molecule has 3 heteroatoms. The van der Waals surface area contributed by atoms with Gasteiger partial charge in [0.25, 0.3) is 0 Å². The summed E-state index contributed by atoms with van der Waals surface area (Å²) >= 11 is 9.53. The van der Waals surface area contributed by atoms with Gasteiger partial charge in [0.15, 0.2) is 0 Å². The Morgan fingerprint density at radius 2 is 1.78 bits per heavy atom. The highest BCUT2D eigenvalue weighted by Crippen LogP contribution is 1.84. The molecular weight excluding hydrogens is 159 g/mol. The number of hydrogen-bond acceptors (Lipinski definition) is 1. The summed E-state index contributed by atoms with van der Waals surface area (Å²) in [5.74, 6) is 0.289. The third-order valence-corrected chi connectivity index (χ3v) is 0.602. The zero-order valence-electron chi connectivity index (χ0n) is 5.79. The Labute approximate surface area is 66.3 Å². The minimum Gasteiger partial charge on any atom is -0.300 e. The molecule has 0 aliphatic heterocycles. The molecule has 0 aromatic heterocycles. The molecule has 0 rings (SSSR count). The van der Waals surface area contributed by atoms with E-state index >= 15 is 0 Å². The topological polar surface area (TPSA) is 17.1 Å². The zero-order chi connectivity index (χ0) is 7.70. The van der Waals surface area contributed by atoms with E-state index in [2.05, 4.69) is 0 Å². The number of carbonyl (C=O) groups is 1. The first-order valence-corrected chi connectivity index (χ1v) is 3.87. The number of rotatable bonds is 2. The van der Waals surface area contributed by atoms with Crippen LogP contribution in [0.2, 0.25) is 0 Å². The van der Waals surface area contributed by atoms with E-state index in [9.17, 15) is 4.79 Å². The second kappa shape index (κ2) is 11.1. The fourth-order valence-corrected chi connectivity index (χ4v) is 0.352. The van der Waals surface area contributed by atoms with Crippen LogP contribution in [0.25, 0.3) is 0 Å². The highest BCUT2D eigenvalue weighted by Gasteiger charge is 1.83. The van der Waals surface area contributed by atoms with Crippen LogP contribution in [-0.2, 0) is 4.79 Å². The van der Waals surface area contributed by atoms with Gasteiger partial charge in [-0.15, -0.1) is 23.2 Å². The van der Waals surface area contributed by atoms with Crippen molar-refractivity contribution in [1.82, 2.24) is 0 Å². The number of hydrogen-bond donors (Lipinski definition) is 0. The minimum atomic E-state index is 0.194. The molecule has 0 radical (unpaired) electrons. The SMILES string of the molecule is CCCC(C)=O.ClCCl. The Kier molecular flexibility index (Phi) is 14.8. The molecule has 0 saturated heterocycles. The summed E-state index contributed by atoms with van der Waals surface area (Å²) in [5, 5.41) is 0.194. The van der Waals surface area contributed by atoms with Crippen LogP contribution in [0.3, 0.4) is 0 Å². The van der Waals surface area contributed by atoms with E-state index in [-0.39, 0.29) is 11.1 Å². The molecular formula is C6H12Cl2O. The summed E-state index contributed by atoms with van der Waals surface area (Å²) in [4.78, 5) is 10.0. The zero-order valence-corrected chi connectivity index (χ0v) is 7.30. The lowest BCUT2D eigenvalue weighted by Crippen LogP contribution is -1.84. The highest BCUT2D eigenvalue weighted by molar-refractivity contribution is 6.40. The van der Waals surface area contributed by atoms with Crippen molar-refractivity contribution in [2.45, 2.75) is 26.7 Å². The van der Waals surface area contributed by atoms with E-state index in [0.29, 0.717) is 0 Å². The van der Waals surface area contributed by atoms with Gasteiger partial charge < -0.3 is 4.79 Å². The van der Waals surface area contributed by atoms with Gasteiger partial charge in [-0.05, 0) is 13.3 Å². The van der Waals surface area contributed by atoms with Gasteiger partial charge in [-0.3, -0.25) is 0 Å². The molecule has 0 bridgehead atoms. The summed E-state index contributed by atoms with van der Waals surface area (Å²) in [7, 11) is 0. The van der Waals surface area contributed by atoms with Crippen LogP contribution in [0.5, 0.6) is 0 Å². The summed E-state index contributed by atoms with van der Waals surface area (Å²) in [6.07, 6.45) is 1.72. The number of alkyl halides is 2. The maximum Gasteiger partial charge on any atom is 0.129 e. The molecule has 0 N–H and O–H groups in total. The lowest BCUT2D eigenvalue weighted by atomic mass is 10.3. The first-order valence-electron chi connectivity index (χ1n) is 2.80. The van der Waals surface area contributed by atoms with Crippen molar-refractivity contribution in [2.75, 3.05) is 5.34 Å². The van der Waals surface area contributed by atoms with Crippen molar-refractivity contribution in [3.63, 3.8) is 0 Å². The summed E-state index contributed by atoms with van der Waals surface area (Å²) in [6.45, 7) is 3.62. The van der Waals surface area contributed by atoms with E-state index in [1.54, 1.807) is 6.92 Å². The third kappa shape index (κ3) is 30.5. The maximum atomic E-state index is 10.0. The van der Waals surface area contributed by atoms with E-state index in [1.165, 1.54) is 0 Å². The maximum absolute atomic E-state index is 10.0. The van der Waals surface area contributed by atoms with E-state index in [0.717, 1.165) is 12.8 Å². The van der Waals surface area contributed by atoms with Gasteiger partial charge in [0, 0.05) is 6.42 Å². The molecule has 0 heterocycles. The van der Waals surface area contributed by atoms with Crippen molar-refractivity contribution in [1.29, 1.82) is 0 Å². The molecule has 0 aromatic carbocycles. The van der Waals surface area contributed by atoms with Crippen LogP contribution in [0, 0.1) is 0 Å². The van der Waals surface area contributed by atoms with E-state index in [4.69, 9.17) is 23.2 Å². The van der Waals surface area contributed by atoms with Crippen LogP contribution in [-0.4, -0.2) is 11.1 Å². The van der Waals surface area contributed by atoms with Gasteiger partial charge in [-0.1, -0.05) is 6.92 Å². The van der Waals surface area contributed by atoms with E-state index in [1.807, 2.05) is 6.92 Å². The number of Topliss-reactive ketones (excluding diaryl/α,β-unsaturated/α-hetero) is 1. The monoisotopic (exact) mass is 170 g/mol. The molecule has 0 spiro atoms. The van der Waals surface area contributed by atoms with E-state index < -0.39 is 0 Å². The van der Waals surface area contributed by atoms with Crippen LogP contribution in [0.1, 0.15) is 26.7 Å². The largest absolute Gasteiger partial charge is 0.300 e. The molecule has 0 saturated carbocycles. The Hall–Kier alpha value is 0.250. The highest BCUT2D eigenvalue weighted by atomic mass is 35.5. The van der Waals surface area contributed by atoms with Crippen LogP contribution >= 0.6 is 23.2 Å². The lowest BCUT2D eigenvalue weighted by Gasteiger charge is -1.80. The Bertz CT molecular complexity index is 64.1. The lowest BCUT2D eigenvalue weighted by molar-refractivity contribution is -0.117. The number of halogens is 2. The molecule has 1 nitrogen and oxygen atoms in total. The van der Waals surface area contributed by atoms with Crippen LogP contribution in [0.4, 0.5) is 0 Å². The van der Waals surface area contributed by atoms with Gasteiger partial charge in [0.2, 0.25) is 0 Å². The fourth-order valence-electron chi connectivity index (χ4n) is 0.352. The normalized spacial score (nSPS) is 7.56. The van der Waals surface area contributed by atoms with Crippen molar-refractivity contribution >= 4 is 29.0 Å². The Balaban J connectivity index is 0. The molecule has 0 aliphatic rings. The molecule has 0 unspecified atom stereocenters. The molecule has 0 aromatic rings. The van der Waals surface area contributed by atoms with Crippen LogP contribution < -0.4 is 0 Å². The third-order valence-electron chi connectivity index (χ3n) is 0.602. The van der Waals surface area contributed by atoms with Gasteiger partial charge >= 0.3 is 0 Å². The van der Waals surface area contributed by atoms with Gasteiger partial charge in [0.1, 0.15) is 5.78 Å². The van der Waals surface area contributed by atoms with Crippen molar-refractivity contribution in [3.8, 4) is 0 Å². The Morgan fingerprint density at radius 1 is 1.44 bits per heavy atom. The quantitative estimate of drug-likeness (QED) is 0.583. The first kappa shape index (κ1) is 12.0. The second-order valence-electron chi connectivity index (χ2n) is 1.55. The number of carbonyl (C=O) groups excluding carboxylic acids is 1. The van der Waals surface area contributed by atoms with Crippen molar-refractivity contribution in [2.24, 2.45) is 0 Å². The van der Waals surface area contributed by atoms with Crippen molar-refractivity contribution in [3.05, 3.63) is 0 Å². The van der Waals surface area contributed by atoms with Crippen molar-refractivity contribution < 1.29 is 4.79 Å². The molecule has 0 aliphatic carbocycles. The molecule has 0 atom stereocenters. The fraction of sp³-hybridized carbons (Fsp3) is 0.833. The first-order chi connectivity index (χ1) is 4.18. The molecule has 56 valence electrons. The van der Waals surface area contributed by atoms with Crippen LogP contribution in [0.15, 0.2) is 0 Å². The summed E-state index contributed by atoms with van der Waals surface area (Å²) < 4.78 is 0. The van der Waals surface area contributed by atoms with Gasteiger partial charge in [-0.25, -0.2) is 0 Å². The summed E-state index contributed by atoms with van der Waals surface area (Å²) in [5.41, 5.74) is 0. The molecule has 0 fully saturated rings. The van der Waals surface area contributed by atoms with Gasteiger partial charge in [-0.2, -0.15) is 0 Å². The minimum absolute atomic E-state index is 0.194. The summed E-state index contributed by atoms with van der Waals surface area (Å²) in [6, 6.07) is 0. The van der Waals surface area contributed by atoms with Gasteiger partial charge in [0.05, 0.1) is 5.34 Å². The Morgan fingerprint density at radius 3 is 1.78 bits per heavy atom. The average molecular weight is 171 g/mol. The second-order valence-corrected chi connectivity index (χ2v) is 2.36. The molecule has 9 heavy (non-hydrogen) atoms. The predicted octanol–water partition coefficient (Wildman–Crippen LogP) is 2.80. The molecule has 0 amide bonds. The average Bonchev–Trinajstić information content (AvgIpc) is 1.67. The number of ketones is 1. The standard InChI is InChI=1S/C5H10O.CH2Cl2/c1-3-4-5(2)6;2-1-3/h3-4H2,1-2H3;1H2. The smallest absolute Gasteiger partial charge is 0.129 e. The predicted molar refractivity (Wildman–Crippen MR) is 42.2 cm³/mol.